The Morgan fingerprint density at radius 2 is 1.20 bits per heavy atom. The molecule has 0 unspecified atom stereocenters. The molecule has 12 heteroatoms. The molecule has 0 atom stereocenters. The predicted molar refractivity (Wildman–Crippen MR) is 119 cm³/mol. The van der Waals surface area contributed by atoms with E-state index in [1.165, 1.54) is 24.3 Å². The molecule has 0 radical (unpaired) electrons. The minimum absolute atomic E-state index is 0.261. The Kier molecular flexibility index (Phi) is 7.77. The van der Waals surface area contributed by atoms with E-state index >= 15 is 0 Å². The number of alkyl halides is 3. The van der Waals surface area contributed by atoms with E-state index in [9.17, 15) is 27.6 Å². The second kappa shape index (κ2) is 10.9. The van der Waals surface area contributed by atoms with Crippen LogP contribution < -0.4 is 25.4 Å². The molecular formula is C23H18F3N3O6. The summed E-state index contributed by atoms with van der Waals surface area (Å²) in [7, 11) is 0. The molecular weight excluding hydrogens is 471 g/mol. The van der Waals surface area contributed by atoms with E-state index in [0.717, 1.165) is 12.1 Å². The van der Waals surface area contributed by atoms with Gasteiger partial charge in [-0.05, 0) is 72.8 Å². The Bertz CT molecular complexity index is 1180. The smallest absolute Gasteiger partial charge is 0.480 e. The number of carbonyl (C=O) groups is 3. The summed E-state index contributed by atoms with van der Waals surface area (Å²) < 4.78 is 46.0. The Morgan fingerprint density at radius 3 is 1.66 bits per heavy atom. The van der Waals surface area contributed by atoms with Gasteiger partial charge in [-0.3, -0.25) is 9.59 Å². The van der Waals surface area contributed by atoms with Crippen molar-refractivity contribution in [2.75, 3.05) is 17.2 Å². The summed E-state index contributed by atoms with van der Waals surface area (Å²) >= 11 is 0. The second-order valence-electron chi connectivity index (χ2n) is 6.88. The zero-order valence-corrected chi connectivity index (χ0v) is 17.8. The van der Waals surface area contributed by atoms with Crippen molar-refractivity contribution in [3.05, 3.63) is 78.4 Å². The maximum atomic E-state index is 12.2. The van der Waals surface area contributed by atoms with Crippen molar-refractivity contribution < 1.29 is 42.1 Å². The normalized spacial score (nSPS) is 10.7. The van der Waals surface area contributed by atoms with Gasteiger partial charge in [0.15, 0.2) is 0 Å². The first-order valence-electron chi connectivity index (χ1n) is 9.89. The number of amides is 3. The fourth-order valence-electron chi connectivity index (χ4n) is 2.71. The van der Waals surface area contributed by atoms with Gasteiger partial charge in [-0.1, -0.05) is 0 Å². The van der Waals surface area contributed by atoms with Gasteiger partial charge >= 0.3 is 18.4 Å². The molecule has 9 nitrogen and oxygen atoms in total. The molecule has 3 amide bonds. The van der Waals surface area contributed by atoms with Crippen LogP contribution in [-0.4, -0.2) is 35.9 Å². The molecule has 182 valence electrons. The third kappa shape index (κ3) is 8.28. The molecule has 0 bridgehead atoms. The SMILES string of the molecule is O=C(O)CNC(=O)c1ccc(Oc2ccc(NC(=O)Nc3ccc(OC(F)(F)F)cc3)cc2)cc1. The Balaban J connectivity index is 1.50. The molecule has 0 spiro atoms. The van der Waals surface area contributed by atoms with Crippen LogP contribution >= 0.6 is 0 Å². The number of benzene rings is 3. The minimum Gasteiger partial charge on any atom is -0.480 e. The molecule has 4 N–H and O–H groups in total. The van der Waals surface area contributed by atoms with Crippen LogP contribution in [0.3, 0.4) is 0 Å². The predicted octanol–water partition coefficient (Wildman–Crippen LogP) is 4.84. The lowest BCUT2D eigenvalue weighted by molar-refractivity contribution is -0.274. The Labute approximate surface area is 196 Å². The number of carboxylic acids is 1. The van der Waals surface area contributed by atoms with Gasteiger partial charge < -0.3 is 30.5 Å². The minimum atomic E-state index is -4.80. The molecule has 0 aliphatic carbocycles. The van der Waals surface area contributed by atoms with E-state index in [-0.39, 0.29) is 11.3 Å². The average molecular weight is 489 g/mol. The molecule has 0 fully saturated rings. The van der Waals surface area contributed by atoms with Crippen LogP contribution in [0.2, 0.25) is 0 Å². The topological polar surface area (TPSA) is 126 Å². The second-order valence-corrected chi connectivity index (χ2v) is 6.88. The monoisotopic (exact) mass is 489 g/mol. The lowest BCUT2D eigenvalue weighted by Crippen LogP contribution is -2.29. The zero-order valence-electron chi connectivity index (χ0n) is 17.8. The number of hydrogen-bond acceptors (Lipinski definition) is 5. The number of carboxylic acid groups (broad SMARTS) is 1. The van der Waals surface area contributed by atoms with E-state index in [4.69, 9.17) is 9.84 Å². The molecule has 0 saturated carbocycles. The molecule has 0 heterocycles. The van der Waals surface area contributed by atoms with Gasteiger partial charge in [0.25, 0.3) is 5.91 Å². The van der Waals surface area contributed by atoms with Gasteiger partial charge in [0.2, 0.25) is 0 Å². The summed E-state index contributed by atoms with van der Waals surface area (Å²) in [5.74, 6) is -1.22. The van der Waals surface area contributed by atoms with E-state index in [0.29, 0.717) is 17.2 Å². The first kappa shape index (κ1) is 24.9. The standard InChI is InChI=1S/C23H18F3N3O6/c24-23(25,26)35-19-11-5-16(6-12-19)29-22(33)28-15-3-9-18(10-4-15)34-17-7-1-14(2-8-17)21(32)27-13-20(30)31/h1-12H,13H2,(H,27,32)(H,30,31)(H2,28,29,33). The van der Waals surface area contributed by atoms with Crippen LogP contribution in [0.15, 0.2) is 72.8 Å². The van der Waals surface area contributed by atoms with E-state index in [2.05, 4.69) is 20.7 Å². The number of hydrogen-bond donors (Lipinski definition) is 4. The van der Waals surface area contributed by atoms with Crippen LogP contribution in [0.5, 0.6) is 17.2 Å². The van der Waals surface area contributed by atoms with Crippen molar-refractivity contribution in [3.63, 3.8) is 0 Å². The zero-order chi connectivity index (χ0) is 25.4. The van der Waals surface area contributed by atoms with Gasteiger partial charge in [-0.2, -0.15) is 0 Å². The highest BCUT2D eigenvalue weighted by Crippen LogP contribution is 2.25. The van der Waals surface area contributed by atoms with Gasteiger partial charge in [0.05, 0.1) is 0 Å². The summed E-state index contributed by atoms with van der Waals surface area (Å²) in [5, 5.41) is 15.9. The summed E-state index contributed by atoms with van der Waals surface area (Å²) in [6.07, 6.45) is -4.80. The number of anilines is 2. The molecule has 0 aromatic heterocycles. The first-order valence-corrected chi connectivity index (χ1v) is 9.89. The van der Waals surface area contributed by atoms with Crippen LogP contribution in [-0.2, 0) is 4.79 Å². The van der Waals surface area contributed by atoms with Crippen LogP contribution in [0.25, 0.3) is 0 Å². The number of halogens is 3. The van der Waals surface area contributed by atoms with Crippen LogP contribution in [0, 0.1) is 0 Å². The molecule has 3 aromatic rings. The molecule has 0 aliphatic rings. The third-order valence-corrected chi connectivity index (χ3v) is 4.21. The number of ether oxygens (including phenoxy) is 2. The molecule has 3 rings (SSSR count). The summed E-state index contributed by atoms with van der Waals surface area (Å²) in [6.45, 7) is -0.487. The Hall–Kier alpha value is -4.74. The van der Waals surface area contributed by atoms with Crippen molar-refractivity contribution in [3.8, 4) is 17.2 Å². The van der Waals surface area contributed by atoms with Gasteiger partial charge in [0.1, 0.15) is 23.8 Å². The quantitative estimate of drug-likeness (QED) is 0.359. The largest absolute Gasteiger partial charge is 0.573 e. The van der Waals surface area contributed by atoms with Crippen molar-refractivity contribution in [1.82, 2.24) is 5.32 Å². The fraction of sp³-hybridized carbons (Fsp3) is 0.0870. The lowest BCUT2D eigenvalue weighted by atomic mass is 10.2. The van der Waals surface area contributed by atoms with E-state index in [1.807, 2.05) is 0 Å². The number of urea groups is 1. The summed E-state index contributed by atoms with van der Waals surface area (Å²) in [6, 6.07) is 16.4. The van der Waals surface area contributed by atoms with Gasteiger partial charge in [-0.15, -0.1) is 13.2 Å². The summed E-state index contributed by atoms with van der Waals surface area (Å²) in [5.41, 5.74) is 0.959. The van der Waals surface area contributed by atoms with Gasteiger partial charge in [0, 0.05) is 16.9 Å². The van der Waals surface area contributed by atoms with E-state index in [1.54, 1.807) is 36.4 Å². The highest BCUT2D eigenvalue weighted by atomic mass is 19.4. The highest BCUT2D eigenvalue weighted by Gasteiger charge is 2.30. The Morgan fingerprint density at radius 1 is 0.743 bits per heavy atom. The number of rotatable bonds is 8. The molecule has 3 aromatic carbocycles. The van der Waals surface area contributed by atoms with Crippen LogP contribution in [0.4, 0.5) is 29.3 Å². The third-order valence-electron chi connectivity index (χ3n) is 4.21. The highest BCUT2D eigenvalue weighted by molar-refractivity contribution is 5.99. The average Bonchev–Trinajstić information content (AvgIpc) is 2.79. The fourth-order valence-corrected chi connectivity index (χ4v) is 2.71. The van der Waals surface area contributed by atoms with Crippen molar-refractivity contribution in [1.29, 1.82) is 0 Å². The van der Waals surface area contributed by atoms with Crippen molar-refractivity contribution >= 4 is 29.3 Å². The molecule has 0 aliphatic heterocycles. The molecule has 0 saturated heterocycles. The van der Waals surface area contributed by atoms with Gasteiger partial charge in [-0.25, -0.2) is 4.79 Å². The first-order chi connectivity index (χ1) is 16.6. The molecule has 35 heavy (non-hydrogen) atoms. The van der Waals surface area contributed by atoms with Crippen molar-refractivity contribution in [2.45, 2.75) is 6.36 Å². The van der Waals surface area contributed by atoms with E-state index < -0.39 is 36.6 Å². The summed E-state index contributed by atoms with van der Waals surface area (Å²) in [4.78, 5) is 34.4. The number of nitrogens with one attached hydrogen (secondary N) is 3. The number of carbonyl (C=O) groups excluding carboxylic acids is 2. The maximum Gasteiger partial charge on any atom is 0.573 e. The van der Waals surface area contributed by atoms with Crippen LogP contribution in [0.1, 0.15) is 10.4 Å². The maximum absolute atomic E-state index is 12.2. The lowest BCUT2D eigenvalue weighted by Gasteiger charge is -2.11. The number of aliphatic carboxylic acids is 1. The van der Waals surface area contributed by atoms with Crippen molar-refractivity contribution in [2.24, 2.45) is 0 Å².